The third-order valence-corrected chi connectivity index (χ3v) is 2.17. The molecule has 0 unspecified atom stereocenters. The maximum absolute atomic E-state index is 5.16. The lowest BCUT2D eigenvalue weighted by Gasteiger charge is -1.93. The number of hydrogen-bond acceptors (Lipinski definition) is 2. The zero-order valence-electron chi connectivity index (χ0n) is 8.77. The molecule has 0 fully saturated rings. The minimum atomic E-state index is 0. The number of aromatic nitrogens is 2. The van der Waals surface area contributed by atoms with Crippen LogP contribution in [0.3, 0.4) is 0 Å². The maximum atomic E-state index is 5.16. The van der Waals surface area contributed by atoms with Crippen LogP contribution < -0.4 is 28.5 Å². The summed E-state index contributed by atoms with van der Waals surface area (Å²) in [7, 11) is 0. The van der Waals surface area contributed by atoms with E-state index in [4.69, 9.17) is 4.52 Å². The van der Waals surface area contributed by atoms with Crippen LogP contribution in [0.1, 0.15) is 12.6 Å². The van der Waals surface area contributed by atoms with Gasteiger partial charge in [-0.05, 0) is 13.8 Å². The van der Waals surface area contributed by atoms with Gasteiger partial charge in [-0.2, -0.15) is 0 Å². The molecule has 0 amide bonds. The lowest BCUT2D eigenvalue weighted by atomic mass is 10.2. The second-order valence-corrected chi connectivity index (χ2v) is 3.25. The van der Waals surface area contributed by atoms with Crippen LogP contribution in [0.15, 0.2) is 35.1 Å². The number of rotatable bonds is 2. The zero-order chi connectivity index (χ0) is 9.97. The average Bonchev–Trinajstić information content (AvgIpc) is 2.65. The van der Waals surface area contributed by atoms with Crippen molar-refractivity contribution < 1.29 is 33.1 Å². The number of aryl methyl sites for hydroxylation is 2. The molecule has 0 spiro atoms. The molecule has 0 atom stereocenters. The molecule has 0 aliphatic carbocycles. The predicted octanol–water partition coefficient (Wildman–Crippen LogP) is -1.04. The highest BCUT2D eigenvalue weighted by Gasteiger charge is 2.05. The van der Waals surface area contributed by atoms with Crippen molar-refractivity contribution in [1.29, 1.82) is 0 Å². The third-order valence-electron chi connectivity index (χ3n) is 2.17. The van der Waals surface area contributed by atoms with Crippen LogP contribution in [0.5, 0.6) is 0 Å². The van der Waals surface area contributed by atoms with Crippen molar-refractivity contribution in [1.82, 2.24) is 5.16 Å². The Bertz CT molecular complexity index is 422. The van der Waals surface area contributed by atoms with Crippen molar-refractivity contribution in [2.45, 2.75) is 20.4 Å². The van der Waals surface area contributed by atoms with Gasteiger partial charge in [0.05, 0.1) is 5.69 Å². The highest BCUT2D eigenvalue weighted by Crippen LogP contribution is 2.17. The molecule has 2 rings (SSSR count). The lowest BCUT2D eigenvalue weighted by molar-refractivity contribution is -0.693. The lowest BCUT2D eigenvalue weighted by Crippen LogP contribution is -3.00. The highest BCUT2D eigenvalue weighted by atomic mass is 127. The standard InChI is InChI=1S/C11H13N2O.HI/c1-3-13-6-4-10(5-7-13)11-8-9(2)12-14-11;/h4-8H,3H2,1-2H3;1H/q+1;/p-1. The summed E-state index contributed by atoms with van der Waals surface area (Å²) < 4.78 is 7.27. The van der Waals surface area contributed by atoms with Crippen molar-refractivity contribution in [2.24, 2.45) is 0 Å². The fraction of sp³-hybridized carbons (Fsp3) is 0.273. The third kappa shape index (κ3) is 2.77. The molecule has 0 aliphatic rings. The van der Waals surface area contributed by atoms with E-state index in [-0.39, 0.29) is 24.0 Å². The summed E-state index contributed by atoms with van der Waals surface area (Å²) in [6.07, 6.45) is 4.07. The molecule has 0 aromatic carbocycles. The van der Waals surface area contributed by atoms with E-state index in [0.29, 0.717) is 0 Å². The Morgan fingerprint density at radius 1 is 1.33 bits per heavy atom. The van der Waals surface area contributed by atoms with Crippen LogP contribution in [0.25, 0.3) is 11.3 Å². The molecule has 2 aromatic heterocycles. The Labute approximate surface area is 106 Å². The topological polar surface area (TPSA) is 29.9 Å². The Morgan fingerprint density at radius 3 is 2.47 bits per heavy atom. The van der Waals surface area contributed by atoms with Gasteiger partial charge in [-0.15, -0.1) is 0 Å². The summed E-state index contributed by atoms with van der Waals surface area (Å²) in [5, 5.41) is 3.85. The van der Waals surface area contributed by atoms with Gasteiger partial charge < -0.3 is 28.5 Å². The number of halogens is 1. The minimum Gasteiger partial charge on any atom is -1.00 e. The van der Waals surface area contributed by atoms with Crippen LogP contribution in [0.4, 0.5) is 0 Å². The molecule has 2 heterocycles. The van der Waals surface area contributed by atoms with Gasteiger partial charge in [0.2, 0.25) is 0 Å². The van der Waals surface area contributed by atoms with Crippen LogP contribution in [-0.4, -0.2) is 5.16 Å². The Hall–Kier alpha value is -0.910. The molecule has 0 saturated heterocycles. The second-order valence-electron chi connectivity index (χ2n) is 3.25. The second kappa shape index (κ2) is 5.25. The Kier molecular flexibility index (Phi) is 4.26. The highest BCUT2D eigenvalue weighted by molar-refractivity contribution is 5.55. The summed E-state index contributed by atoms with van der Waals surface area (Å²) in [6.45, 7) is 5.01. The van der Waals surface area contributed by atoms with Gasteiger partial charge in [-0.1, -0.05) is 5.16 Å². The molecular formula is C11H13IN2O. The van der Waals surface area contributed by atoms with Gasteiger partial charge in [-0.25, -0.2) is 4.57 Å². The van der Waals surface area contributed by atoms with E-state index < -0.39 is 0 Å². The van der Waals surface area contributed by atoms with E-state index in [1.165, 1.54) is 0 Å². The van der Waals surface area contributed by atoms with Gasteiger partial charge in [0.25, 0.3) is 0 Å². The first-order valence-corrected chi connectivity index (χ1v) is 4.72. The molecule has 0 N–H and O–H groups in total. The minimum absolute atomic E-state index is 0. The van der Waals surface area contributed by atoms with Crippen LogP contribution in [0, 0.1) is 6.92 Å². The Balaban J connectivity index is 0.00000112. The van der Waals surface area contributed by atoms with E-state index in [1.807, 2.05) is 37.5 Å². The van der Waals surface area contributed by atoms with Gasteiger partial charge >= 0.3 is 0 Å². The first kappa shape index (κ1) is 12.2. The molecule has 0 radical (unpaired) electrons. The summed E-state index contributed by atoms with van der Waals surface area (Å²) in [5.41, 5.74) is 1.97. The van der Waals surface area contributed by atoms with E-state index in [2.05, 4.69) is 16.6 Å². The molecule has 2 aromatic rings. The fourth-order valence-electron chi connectivity index (χ4n) is 1.33. The molecule has 0 saturated carbocycles. The predicted molar refractivity (Wildman–Crippen MR) is 52.5 cm³/mol. The van der Waals surface area contributed by atoms with Gasteiger partial charge in [-0.3, -0.25) is 0 Å². The summed E-state index contributed by atoms with van der Waals surface area (Å²) in [4.78, 5) is 0. The van der Waals surface area contributed by atoms with Gasteiger partial charge in [0.1, 0.15) is 6.54 Å². The average molecular weight is 316 g/mol. The SMILES string of the molecule is CC[n+]1ccc(-c2cc(C)no2)cc1.[I-]. The number of hydrogen-bond donors (Lipinski definition) is 0. The summed E-state index contributed by atoms with van der Waals surface area (Å²) in [5.74, 6) is 0.825. The molecule has 3 nitrogen and oxygen atoms in total. The number of pyridine rings is 1. The van der Waals surface area contributed by atoms with Crippen LogP contribution in [-0.2, 0) is 6.54 Å². The van der Waals surface area contributed by atoms with Crippen molar-refractivity contribution in [3.63, 3.8) is 0 Å². The molecule has 0 bridgehead atoms. The molecule has 0 aliphatic heterocycles. The molecular weight excluding hydrogens is 303 g/mol. The summed E-state index contributed by atoms with van der Waals surface area (Å²) in [6, 6.07) is 6.00. The van der Waals surface area contributed by atoms with Crippen LogP contribution >= 0.6 is 0 Å². The summed E-state index contributed by atoms with van der Waals surface area (Å²) >= 11 is 0. The number of nitrogens with zero attached hydrogens (tertiary/aromatic N) is 2. The van der Waals surface area contributed by atoms with E-state index in [9.17, 15) is 0 Å². The van der Waals surface area contributed by atoms with Gasteiger partial charge in [0.15, 0.2) is 18.2 Å². The Morgan fingerprint density at radius 2 is 2.00 bits per heavy atom. The van der Waals surface area contributed by atoms with Crippen molar-refractivity contribution in [2.75, 3.05) is 0 Å². The zero-order valence-corrected chi connectivity index (χ0v) is 10.9. The molecule has 4 heteroatoms. The van der Waals surface area contributed by atoms with Crippen molar-refractivity contribution in [3.8, 4) is 11.3 Å². The first-order valence-electron chi connectivity index (χ1n) is 4.72. The monoisotopic (exact) mass is 316 g/mol. The van der Waals surface area contributed by atoms with Crippen molar-refractivity contribution in [3.05, 3.63) is 36.3 Å². The normalized spacial score (nSPS) is 9.73. The molecule has 15 heavy (non-hydrogen) atoms. The quantitative estimate of drug-likeness (QED) is 0.523. The van der Waals surface area contributed by atoms with E-state index in [0.717, 1.165) is 23.6 Å². The maximum Gasteiger partial charge on any atom is 0.169 e. The largest absolute Gasteiger partial charge is 1.00 e. The van der Waals surface area contributed by atoms with Crippen LogP contribution in [0.2, 0.25) is 0 Å². The fourth-order valence-corrected chi connectivity index (χ4v) is 1.33. The van der Waals surface area contributed by atoms with Gasteiger partial charge in [0, 0.05) is 23.8 Å². The van der Waals surface area contributed by atoms with Crippen molar-refractivity contribution >= 4 is 0 Å². The smallest absolute Gasteiger partial charge is 0.169 e. The van der Waals surface area contributed by atoms with E-state index in [1.54, 1.807) is 0 Å². The first-order chi connectivity index (χ1) is 6.79. The molecule has 80 valence electrons. The van der Waals surface area contributed by atoms with E-state index >= 15 is 0 Å².